The molecule has 5 aromatic rings. The van der Waals surface area contributed by atoms with Crippen LogP contribution in [0.1, 0.15) is 52.3 Å². The van der Waals surface area contributed by atoms with Gasteiger partial charge in [0.15, 0.2) is 0 Å². The summed E-state index contributed by atoms with van der Waals surface area (Å²) in [6.07, 6.45) is -1.23. The zero-order chi connectivity index (χ0) is 34.9. The van der Waals surface area contributed by atoms with E-state index in [1.165, 1.54) is 0 Å². The van der Waals surface area contributed by atoms with Crippen LogP contribution in [0.15, 0.2) is 127 Å². The minimum Gasteiger partial charge on any atom is -0.368 e. The van der Waals surface area contributed by atoms with Crippen LogP contribution in [-0.2, 0) is 55.7 Å². The highest BCUT2D eigenvalue weighted by molar-refractivity contribution is 6.31. The van der Waals surface area contributed by atoms with E-state index in [1.54, 1.807) is 26.2 Å². The van der Waals surface area contributed by atoms with Gasteiger partial charge in [-0.3, -0.25) is 0 Å². The van der Waals surface area contributed by atoms with Crippen LogP contribution in [0.3, 0.4) is 0 Å². The Morgan fingerprint density at radius 2 is 1.24 bits per heavy atom. The molecule has 5 nitrogen and oxygen atoms in total. The normalized spacial score (nSPS) is 22.0. The number of halogens is 2. The highest BCUT2D eigenvalue weighted by Gasteiger charge is 2.58. The zero-order valence-corrected chi connectivity index (χ0v) is 29.5. The van der Waals surface area contributed by atoms with E-state index in [9.17, 15) is 4.39 Å². The average molecular weight is 695 g/mol. The minimum absolute atomic E-state index is 0.251. The molecule has 1 aliphatic heterocycles. The first-order valence-electron chi connectivity index (χ1n) is 17.1. The van der Waals surface area contributed by atoms with Crippen LogP contribution in [0.5, 0.6) is 0 Å². The summed E-state index contributed by atoms with van der Waals surface area (Å²) >= 11 is 6.80. The summed E-state index contributed by atoms with van der Waals surface area (Å²) in [6, 6.07) is 41.2. The molecule has 260 valence electrons. The van der Waals surface area contributed by atoms with Gasteiger partial charge in [0.2, 0.25) is 5.79 Å². The van der Waals surface area contributed by atoms with Crippen molar-refractivity contribution in [3.8, 4) is 0 Å². The standard InChI is InChI=1S/C43H44ClFO5/c1-4-39-40(47-27-31-14-8-5-9-15-31)41(48-28-32-16-10-6-11-17-32)42(49-29-33-18-12-7-13-19-33)43(46-3,50-39)36-22-23-37(44)35(26-36)24-34-21-20-30(2)38(45)25-34/h5-23,25-26,39-42H,4,24,27-29H2,1-3H3. The average Bonchev–Trinajstić information content (AvgIpc) is 3.15. The molecule has 1 saturated heterocycles. The highest BCUT2D eigenvalue weighted by atomic mass is 35.5. The second-order valence-electron chi connectivity index (χ2n) is 12.7. The third kappa shape index (κ3) is 8.35. The van der Waals surface area contributed by atoms with E-state index in [0.717, 1.165) is 33.4 Å². The van der Waals surface area contributed by atoms with Crippen molar-refractivity contribution in [1.82, 2.24) is 0 Å². The second-order valence-corrected chi connectivity index (χ2v) is 13.1. The topological polar surface area (TPSA) is 46.2 Å². The summed E-state index contributed by atoms with van der Waals surface area (Å²) in [6.45, 7) is 4.82. The molecule has 0 aromatic heterocycles. The Morgan fingerprint density at radius 3 is 1.78 bits per heavy atom. The van der Waals surface area contributed by atoms with Crippen molar-refractivity contribution in [2.24, 2.45) is 0 Å². The van der Waals surface area contributed by atoms with Gasteiger partial charge in [-0.15, -0.1) is 0 Å². The summed E-state index contributed by atoms with van der Waals surface area (Å²) in [7, 11) is 1.63. The lowest BCUT2D eigenvalue weighted by atomic mass is 9.85. The van der Waals surface area contributed by atoms with Crippen LogP contribution in [0.4, 0.5) is 4.39 Å². The lowest BCUT2D eigenvalue weighted by molar-refractivity contribution is -0.382. The van der Waals surface area contributed by atoms with Crippen molar-refractivity contribution in [1.29, 1.82) is 0 Å². The van der Waals surface area contributed by atoms with E-state index >= 15 is 0 Å². The van der Waals surface area contributed by atoms with Gasteiger partial charge in [0, 0.05) is 17.7 Å². The fraction of sp³-hybridized carbons (Fsp3) is 0.302. The third-order valence-corrected chi connectivity index (χ3v) is 9.69. The van der Waals surface area contributed by atoms with E-state index in [0.29, 0.717) is 36.6 Å². The molecule has 0 amide bonds. The van der Waals surface area contributed by atoms with Crippen molar-refractivity contribution in [3.63, 3.8) is 0 Å². The van der Waals surface area contributed by atoms with E-state index in [1.807, 2.05) is 115 Å². The van der Waals surface area contributed by atoms with Crippen LogP contribution < -0.4 is 0 Å². The number of methoxy groups -OCH3 is 1. The molecule has 1 aliphatic rings. The number of rotatable bonds is 14. The maximum absolute atomic E-state index is 14.6. The van der Waals surface area contributed by atoms with E-state index in [4.69, 9.17) is 35.3 Å². The largest absolute Gasteiger partial charge is 0.368 e. The number of hydrogen-bond donors (Lipinski definition) is 0. The van der Waals surface area contributed by atoms with E-state index in [-0.39, 0.29) is 12.4 Å². The summed E-state index contributed by atoms with van der Waals surface area (Å²) in [5.41, 5.74) is 6.01. The van der Waals surface area contributed by atoms with Crippen LogP contribution in [0, 0.1) is 12.7 Å². The Balaban J connectivity index is 1.42. The smallest absolute Gasteiger partial charge is 0.224 e. The van der Waals surface area contributed by atoms with Gasteiger partial charge in [-0.05, 0) is 71.3 Å². The van der Waals surface area contributed by atoms with Crippen molar-refractivity contribution < 1.29 is 28.1 Å². The molecular weight excluding hydrogens is 651 g/mol. The Labute approximate surface area is 299 Å². The summed E-state index contributed by atoms with van der Waals surface area (Å²) in [5.74, 6) is -1.65. The van der Waals surface area contributed by atoms with Gasteiger partial charge in [0.1, 0.15) is 24.1 Å². The van der Waals surface area contributed by atoms with Gasteiger partial charge >= 0.3 is 0 Å². The lowest BCUT2D eigenvalue weighted by Gasteiger charge is -2.52. The Morgan fingerprint density at radius 1 is 0.680 bits per heavy atom. The maximum Gasteiger partial charge on any atom is 0.224 e. The van der Waals surface area contributed by atoms with Crippen molar-refractivity contribution in [2.75, 3.05) is 7.11 Å². The van der Waals surface area contributed by atoms with Gasteiger partial charge in [0.25, 0.3) is 0 Å². The van der Waals surface area contributed by atoms with E-state index < -0.39 is 30.2 Å². The van der Waals surface area contributed by atoms with Crippen LogP contribution in [-0.4, -0.2) is 31.5 Å². The molecule has 0 saturated carbocycles. The second kappa shape index (κ2) is 16.9. The van der Waals surface area contributed by atoms with Crippen molar-refractivity contribution >= 4 is 11.6 Å². The van der Waals surface area contributed by atoms with Gasteiger partial charge in [0.05, 0.1) is 25.9 Å². The molecule has 5 unspecified atom stereocenters. The predicted molar refractivity (Wildman–Crippen MR) is 194 cm³/mol. The molecule has 5 atom stereocenters. The Hall–Kier alpha value is -3.88. The summed E-state index contributed by atoms with van der Waals surface area (Å²) in [4.78, 5) is 0. The number of ether oxygens (including phenoxy) is 5. The maximum atomic E-state index is 14.6. The van der Waals surface area contributed by atoms with E-state index in [2.05, 4.69) is 6.92 Å². The molecule has 1 fully saturated rings. The Kier molecular flexibility index (Phi) is 12.1. The lowest BCUT2D eigenvalue weighted by Crippen LogP contribution is -2.65. The fourth-order valence-corrected chi connectivity index (χ4v) is 6.75. The monoisotopic (exact) mass is 694 g/mol. The molecule has 0 aliphatic carbocycles. The number of aryl methyl sites for hydroxylation is 1. The molecule has 0 spiro atoms. The first kappa shape index (κ1) is 35.9. The third-order valence-electron chi connectivity index (χ3n) is 9.32. The SMILES string of the molecule is CCC1OC(OC)(c2ccc(Cl)c(Cc3ccc(C)c(F)c3)c2)C(OCc2ccccc2)C(OCc2ccccc2)C1OCc1ccccc1. The molecular formula is C43H44ClFO5. The Bertz CT molecular complexity index is 1810. The minimum atomic E-state index is -1.40. The number of hydrogen-bond acceptors (Lipinski definition) is 5. The molecule has 0 radical (unpaired) electrons. The molecule has 5 aromatic carbocycles. The van der Waals surface area contributed by atoms with Crippen molar-refractivity contribution in [3.05, 3.63) is 177 Å². The van der Waals surface area contributed by atoms with Crippen molar-refractivity contribution in [2.45, 2.75) is 76.7 Å². The number of benzene rings is 5. The van der Waals surface area contributed by atoms with Gasteiger partial charge in [-0.1, -0.05) is 128 Å². The first-order chi connectivity index (χ1) is 24.4. The molecule has 0 N–H and O–H groups in total. The fourth-order valence-electron chi connectivity index (χ4n) is 6.56. The highest BCUT2D eigenvalue weighted by Crippen LogP contribution is 2.45. The zero-order valence-electron chi connectivity index (χ0n) is 28.8. The van der Waals surface area contributed by atoms with Crippen LogP contribution in [0.25, 0.3) is 0 Å². The quantitative estimate of drug-likeness (QED) is 0.116. The molecule has 0 bridgehead atoms. The van der Waals surface area contributed by atoms with Gasteiger partial charge < -0.3 is 23.7 Å². The summed E-state index contributed by atoms with van der Waals surface area (Å²) < 4.78 is 48.6. The summed E-state index contributed by atoms with van der Waals surface area (Å²) in [5, 5.41) is 0.562. The van der Waals surface area contributed by atoms with Gasteiger partial charge in [-0.25, -0.2) is 4.39 Å². The van der Waals surface area contributed by atoms with Crippen LogP contribution in [0.2, 0.25) is 5.02 Å². The first-order valence-corrected chi connectivity index (χ1v) is 17.5. The van der Waals surface area contributed by atoms with Gasteiger partial charge in [-0.2, -0.15) is 0 Å². The molecule has 6 rings (SSSR count). The van der Waals surface area contributed by atoms with Crippen LogP contribution >= 0.6 is 11.6 Å². The molecule has 50 heavy (non-hydrogen) atoms. The molecule has 1 heterocycles. The predicted octanol–water partition coefficient (Wildman–Crippen LogP) is 9.74. The molecule has 7 heteroatoms.